The van der Waals surface area contributed by atoms with E-state index in [1.54, 1.807) is 30.3 Å². The number of hydrogen-bond donors (Lipinski definition) is 0. The summed E-state index contributed by atoms with van der Waals surface area (Å²) in [6.45, 7) is 0. The van der Waals surface area contributed by atoms with Crippen LogP contribution >= 0.6 is 11.6 Å². The number of ketones is 1. The van der Waals surface area contributed by atoms with Crippen LogP contribution in [0.3, 0.4) is 0 Å². The van der Waals surface area contributed by atoms with Gasteiger partial charge in [-0.2, -0.15) is 0 Å². The van der Waals surface area contributed by atoms with E-state index in [4.69, 9.17) is 16.0 Å². The van der Waals surface area contributed by atoms with Gasteiger partial charge in [0, 0.05) is 5.02 Å². The first kappa shape index (κ1) is 10.7. The summed E-state index contributed by atoms with van der Waals surface area (Å²) in [7, 11) is 0. The van der Waals surface area contributed by atoms with Crippen molar-refractivity contribution in [3.05, 3.63) is 65.1 Å². The van der Waals surface area contributed by atoms with Gasteiger partial charge >= 0.3 is 0 Å². The molecule has 2 aromatic rings. The number of rotatable bonds is 3. The largest absolute Gasteiger partial charge is 0.461 e. The molecule has 1 heterocycles. The molecule has 0 N–H and O–H groups in total. The highest BCUT2D eigenvalue weighted by molar-refractivity contribution is 6.30. The molecule has 0 saturated heterocycles. The molecule has 0 aliphatic heterocycles. The van der Waals surface area contributed by atoms with Gasteiger partial charge in [0.15, 0.2) is 5.76 Å². The second-order valence-electron chi connectivity index (χ2n) is 3.23. The Morgan fingerprint density at radius 3 is 2.81 bits per heavy atom. The maximum absolute atomic E-state index is 11.6. The molecule has 1 aromatic heterocycles. The van der Waals surface area contributed by atoms with E-state index in [0.717, 1.165) is 5.56 Å². The van der Waals surface area contributed by atoms with E-state index in [1.165, 1.54) is 12.3 Å². The summed E-state index contributed by atoms with van der Waals surface area (Å²) < 4.78 is 4.98. The van der Waals surface area contributed by atoms with Gasteiger partial charge in [-0.3, -0.25) is 4.79 Å². The van der Waals surface area contributed by atoms with Gasteiger partial charge in [0.2, 0.25) is 5.78 Å². The fourth-order valence-electron chi connectivity index (χ4n) is 1.28. The van der Waals surface area contributed by atoms with Crippen molar-refractivity contribution in [3.63, 3.8) is 0 Å². The predicted octanol–water partition coefficient (Wildman–Crippen LogP) is 3.83. The van der Waals surface area contributed by atoms with Crippen LogP contribution in [-0.4, -0.2) is 5.78 Å². The molecule has 2 rings (SSSR count). The third-order valence-electron chi connectivity index (χ3n) is 2.04. The van der Waals surface area contributed by atoms with E-state index in [1.807, 2.05) is 12.1 Å². The van der Waals surface area contributed by atoms with Crippen LogP contribution in [0.1, 0.15) is 16.1 Å². The molecule has 16 heavy (non-hydrogen) atoms. The van der Waals surface area contributed by atoms with Gasteiger partial charge in [0.1, 0.15) is 0 Å². The number of carbonyl (C=O) groups excluding carboxylic acids is 1. The van der Waals surface area contributed by atoms with Crippen LogP contribution in [0.15, 0.2) is 53.2 Å². The molecule has 0 aliphatic rings. The maximum atomic E-state index is 11.6. The Balaban J connectivity index is 2.13. The minimum absolute atomic E-state index is 0.162. The maximum Gasteiger partial charge on any atom is 0.221 e. The van der Waals surface area contributed by atoms with E-state index in [0.29, 0.717) is 10.8 Å². The Bertz CT molecular complexity index is 512. The number of furan rings is 1. The Labute approximate surface area is 98.2 Å². The van der Waals surface area contributed by atoms with Crippen LogP contribution in [0.2, 0.25) is 5.02 Å². The standard InChI is InChI=1S/C13H9ClO2/c14-11-4-1-3-10(9-11)6-7-12(15)13-5-2-8-16-13/h1-9H. The van der Waals surface area contributed by atoms with Gasteiger partial charge in [-0.05, 0) is 35.9 Å². The Kier molecular flexibility index (Phi) is 3.22. The van der Waals surface area contributed by atoms with E-state index in [2.05, 4.69) is 0 Å². The summed E-state index contributed by atoms with van der Waals surface area (Å²) in [6.07, 6.45) is 4.64. The summed E-state index contributed by atoms with van der Waals surface area (Å²) in [5.74, 6) is 0.170. The Morgan fingerprint density at radius 2 is 2.12 bits per heavy atom. The molecular formula is C13H9ClO2. The number of halogens is 1. The van der Waals surface area contributed by atoms with Gasteiger partial charge in [-0.25, -0.2) is 0 Å². The van der Waals surface area contributed by atoms with Crippen LogP contribution in [0.4, 0.5) is 0 Å². The van der Waals surface area contributed by atoms with Crippen molar-refractivity contribution < 1.29 is 9.21 Å². The molecule has 0 radical (unpaired) electrons. The molecule has 2 nitrogen and oxygen atoms in total. The highest BCUT2D eigenvalue weighted by Crippen LogP contribution is 2.12. The van der Waals surface area contributed by atoms with Crippen molar-refractivity contribution in [3.8, 4) is 0 Å². The van der Waals surface area contributed by atoms with Crippen LogP contribution in [0.25, 0.3) is 6.08 Å². The Morgan fingerprint density at radius 1 is 1.25 bits per heavy atom. The second kappa shape index (κ2) is 4.81. The fraction of sp³-hybridized carbons (Fsp3) is 0. The van der Waals surface area contributed by atoms with Crippen LogP contribution in [-0.2, 0) is 0 Å². The quantitative estimate of drug-likeness (QED) is 0.595. The predicted molar refractivity (Wildman–Crippen MR) is 63.5 cm³/mol. The van der Waals surface area contributed by atoms with Crippen LogP contribution in [0.5, 0.6) is 0 Å². The molecule has 0 saturated carbocycles. The van der Waals surface area contributed by atoms with Crippen molar-refractivity contribution in [1.82, 2.24) is 0 Å². The molecule has 0 atom stereocenters. The zero-order chi connectivity index (χ0) is 11.4. The first-order chi connectivity index (χ1) is 7.75. The van der Waals surface area contributed by atoms with Crippen molar-refractivity contribution in [1.29, 1.82) is 0 Å². The van der Waals surface area contributed by atoms with Crippen LogP contribution < -0.4 is 0 Å². The summed E-state index contributed by atoms with van der Waals surface area (Å²) in [5.41, 5.74) is 0.882. The third kappa shape index (κ3) is 2.61. The topological polar surface area (TPSA) is 30.2 Å². The number of hydrogen-bond acceptors (Lipinski definition) is 2. The van der Waals surface area contributed by atoms with Crippen LogP contribution in [0, 0.1) is 0 Å². The highest BCUT2D eigenvalue weighted by atomic mass is 35.5. The minimum Gasteiger partial charge on any atom is -0.461 e. The molecule has 0 unspecified atom stereocenters. The minimum atomic E-state index is -0.162. The molecule has 0 amide bonds. The lowest BCUT2D eigenvalue weighted by Crippen LogP contribution is -1.90. The summed E-state index contributed by atoms with van der Waals surface area (Å²) in [5, 5.41) is 0.646. The normalized spacial score (nSPS) is 10.8. The smallest absolute Gasteiger partial charge is 0.221 e. The molecule has 0 bridgehead atoms. The number of carbonyl (C=O) groups is 1. The van der Waals surface area contributed by atoms with E-state index in [9.17, 15) is 4.79 Å². The second-order valence-corrected chi connectivity index (χ2v) is 3.67. The van der Waals surface area contributed by atoms with Crippen molar-refractivity contribution in [2.24, 2.45) is 0 Å². The van der Waals surface area contributed by atoms with E-state index < -0.39 is 0 Å². The molecule has 80 valence electrons. The first-order valence-corrected chi connectivity index (χ1v) is 5.15. The molecule has 0 aliphatic carbocycles. The van der Waals surface area contributed by atoms with E-state index >= 15 is 0 Å². The molecule has 0 spiro atoms. The fourth-order valence-corrected chi connectivity index (χ4v) is 1.48. The summed E-state index contributed by atoms with van der Waals surface area (Å²) in [6, 6.07) is 10.6. The molecule has 1 aromatic carbocycles. The lowest BCUT2D eigenvalue weighted by molar-refractivity contribution is 0.102. The SMILES string of the molecule is O=C(C=Cc1cccc(Cl)c1)c1ccco1. The number of allylic oxidation sites excluding steroid dienone is 1. The lowest BCUT2D eigenvalue weighted by Gasteiger charge is -1.93. The average Bonchev–Trinajstić information content (AvgIpc) is 2.79. The van der Waals surface area contributed by atoms with Crippen molar-refractivity contribution in [2.75, 3.05) is 0 Å². The highest BCUT2D eigenvalue weighted by Gasteiger charge is 2.03. The molecule has 0 fully saturated rings. The van der Waals surface area contributed by atoms with Gasteiger partial charge in [0.25, 0.3) is 0 Å². The lowest BCUT2D eigenvalue weighted by atomic mass is 10.2. The zero-order valence-corrected chi connectivity index (χ0v) is 9.15. The molecular weight excluding hydrogens is 224 g/mol. The number of benzene rings is 1. The van der Waals surface area contributed by atoms with Crippen molar-refractivity contribution >= 4 is 23.5 Å². The van der Waals surface area contributed by atoms with Gasteiger partial charge in [-0.1, -0.05) is 29.8 Å². The average molecular weight is 233 g/mol. The van der Waals surface area contributed by atoms with Crippen molar-refractivity contribution in [2.45, 2.75) is 0 Å². The summed E-state index contributed by atoms with van der Waals surface area (Å²) in [4.78, 5) is 11.6. The van der Waals surface area contributed by atoms with Gasteiger partial charge in [0.05, 0.1) is 6.26 Å². The van der Waals surface area contributed by atoms with Gasteiger partial charge < -0.3 is 4.42 Å². The first-order valence-electron chi connectivity index (χ1n) is 4.77. The van der Waals surface area contributed by atoms with Gasteiger partial charge in [-0.15, -0.1) is 0 Å². The third-order valence-corrected chi connectivity index (χ3v) is 2.27. The molecule has 3 heteroatoms. The monoisotopic (exact) mass is 232 g/mol. The zero-order valence-electron chi connectivity index (χ0n) is 8.39. The van der Waals surface area contributed by atoms with E-state index in [-0.39, 0.29) is 5.78 Å². The summed E-state index contributed by atoms with van der Waals surface area (Å²) >= 11 is 5.82. The Hall–Kier alpha value is -1.80.